The number of aryl methyl sites for hydroxylation is 2. The molecule has 0 aliphatic carbocycles. The van der Waals surface area contributed by atoms with Crippen molar-refractivity contribution < 1.29 is 4.74 Å². The summed E-state index contributed by atoms with van der Waals surface area (Å²) in [6.45, 7) is 4.27. The zero-order chi connectivity index (χ0) is 14.8. The summed E-state index contributed by atoms with van der Waals surface area (Å²) >= 11 is 1.72. The third-order valence-corrected chi connectivity index (χ3v) is 4.54. The second kappa shape index (κ2) is 5.70. The lowest BCUT2D eigenvalue weighted by molar-refractivity contribution is 0.415. The Bertz CT molecular complexity index is 761. The number of aromatic nitrogens is 1. The molecule has 3 heteroatoms. The molecule has 0 saturated heterocycles. The van der Waals surface area contributed by atoms with Crippen molar-refractivity contribution in [3.63, 3.8) is 0 Å². The molecular formula is C18H17NOS. The number of benzene rings is 2. The Balaban J connectivity index is 1.88. The zero-order valence-corrected chi connectivity index (χ0v) is 13.2. The average molecular weight is 295 g/mol. The van der Waals surface area contributed by atoms with Crippen molar-refractivity contribution in [3.05, 3.63) is 58.1 Å². The quantitative estimate of drug-likeness (QED) is 0.671. The van der Waals surface area contributed by atoms with Crippen molar-refractivity contribution >= 4 is 33.7 Å². The highest BCUT2D eigenvalue weighted by molar-refractivity contribution is 7.19. The van der Waals surface area contributed by atoms with Crippen molar-refractivity contribution in [2.75, 3.05) is 7.11 Å². The molecule has 1 aromatic heterocycles. The number of fused-ring (bicyclic) bond motifs is 1. The molecule has 1 heterocycles. The first-order valence-corrected chi connectivity index (χ1v) is 7.67. The summed E-state index contributed by atoms with van der Waals surface area (Å²) in [6, 6.07) is 12.4. The van der Waals surface area contributed by atoms with E-state index in [2.05, 4.69) is 43.1 Å². The topological polar surface area (TPSA) is 22.1 Å². The molecule has 106 valence electrons. The molecule has 3 rings (SSSR count). The summed E-state index contributed by atoms with van der Waals surface area (Å²) in [6.07, 6.45) is 4.15. The smallest absolute Gasteiger partial charge is 0.118 e. The van der Waals surface area contributed by atoms with Crippen LogP contribution in [0, 0.1) is 13.8 Å². The maximum atomic E-state index is 5.16. The summed E-state index contributed by atoms with van der Waals surface area (Å²) < 4.78 is 6.40. The molecule has 0 aliphatic rings. The zero-order valence-electron chi connectivity index (χ0n) is 12.4. The van der Waals surface area contributed by atoms with Gasteiger partial charge in [0.15, 0.2) is 0 Å². The van der Waals surface area contributed by atoms with Crippen LogP contribution in [0.15, 0.2) is 36.4 Å². The van der Waals surface area contributed by atoms with E-state index in [1.54, 1.807) is 18.4 Å². The molecule has 2 nitrogen and oxygen atoms in total. The van der Waals surface area contributed by atoms with Crippen molar-refractivity contribution in [1.82, 2.24) is 4.98 Å². The van der Waals surface area contributed by atoms with Gasteiger partial charge in [-0.25, -0.2) is 4.98 Å². The van der Waals surface area contributed by atoms with Crippen LogP contribution in [-0.4, -0.2) is 12.1 Å². The lowest BCUT2D eigenvalue weighted by atomic mass is 10.1. The fourth-order valence-corrected chi connectivity index (χ4v) is 3.10. The summed E-state index contributed by atoms with van der Waals surface area (Å²) in [5, 5.41) is 1.03. The van der Waals surface area contributed by atoms with Gasteiger partial charge in [-0.1, -0.05) is 18.2 Å². The number of rotatable bonds is 3. The maximum Gasteiger partial charge on any atom is 0.118 e. The fourth-order valence-electron chi connectivity index (χ4n) is 2.15. The summed E-state index contributed by atoms with van der Waals surface area (Å²) in [7, 11) is 1.68. The van der Waals surface area contributed by atoms with Gasteiger partial charge >= 0.3 is 0 Å². The summed E-state index contributed by atoms with van der Waals surface area (Å²) in [5.74, 6) is 0.873. The normalized spacial score (nSPS) is 11.4. The van der Waals surface area contributed by atoms with Crippen LogP contribution in [0.2, 0.25) is 0 Å². The largest absolute Gasteiger partial charge is 0.497 e. The fraction of sp³-hybridized carbons (Fsp3) is 0.167. The molecule has 2 aromatic carbocycles. The van der Waals surface area contributed by atoms with Crippen LogP contribution >= 0.6 is 11.3 Å². The van der Waals surface area contributed by atoms with E-state index < -0.39 is 0 Å². The Morgan fingerprint density at radius 3 is 2.43 bits per heavy atom. The molecule has 3 aromatic rings. The van der Waals surface area contributed by atoms with E-state index in [-0.39, 0.29) is 0 Å². The van der Waals surface area contributed by atoms with Gasteiger partial charge in [0, 0.05) is 0 Å². The number of ether oxygens (including phenoxy) is 1. The molecule has 0 spiro atoms. The first kappa shape index (κ1) is 13.8. The van der Waals surface area contributed by atoms with E-state index in [0.717, 1.165) is 21.8 Å². The minimum Gasteiger partial charge on any atom is -0.497 e. The van der Waals surface area contributed by atoms with Crippen molar-refractivity contribution in [2.24, 2.45) is 0 Å². The van der Waals surface area contributed by atoms with Crippen LogP contribution in [0.25, 0.3) is 22.4 Å². The Morgan fingerprint density at radius 1 is 1.00 bits per heavy atom. The van der Waals surface area contributed by atoms with E-state index in [4.69, 9.17) is 4.74 Å². The predicted octanol–water partition coefficient (Wildman–Crippen LogP) is 5.09. The molecule has 21 heavy (non-hydrogen) atoms. The van der Waals surface area contributed by atoms with E-state index in [1.165, 1.54) is 15.8 Å². The Hall–Kier alpha value is -2.13. The van der Waals surface area contributed by atoms with Crippen LogP contribution in [0.1, 0.15) is 21.7 Å². The molecule has 0 fully saturated rings. The number of methoxy groups -OCH3 is 1. The number of hydrogen-bond acceptors (Lipinski definition) is 3. The molecule has 0 saturated carbocycles. The van der Waals surface area contributed by atoms with E-state index >= 15 is 0 Å². The molecular weight excluding hydrogens is 278 g/mol. The van der Waals surface area contributed by atoms with Gasteiger partial charge in [0.2, 0.25) is 0 Å². The Labute approximate surface area is 128 Å². The highest BCUT2D eigenvalue weighted by atomic mass is 32.1. The minimum absolute atomic E-state index is 0.873. The molecule has 0 unspecified atom stereocenters. The van der Waals surface area contributed by atoms with E-state index in [1.807, 2.05) is 24.3 Å². The van der Waals surface area contributed by atoms with Gasteiger partial charge in [-0.15, -0.1) is 11.3 Å². The second-order valence-electron chi connectivity index (χ2n) is 5.06. The van der Waals surface area contributed by atoms with Gasteiger partial charge in [-0.3, -0.25) is 0 Å². The minimum atomic E-state index is 0.873. The third kappa shape index (κ3) is 2.98. The van der Waals surface area contributed by atoms with E-state index in [0.29, 0.717) is 0 Å². The number of nitrogens with zero attached hydrogens (tertiary/aromatic N) is 1. The first-order chi connectivity index (χ1) is 10.2. The van der Waals surface area contributed by atoms with Crippen LogP contribution in [0.3, 0.4) is 0 Å². The number of thiazole rings is 1. The van der Waals surface area contributed by atoms with Crippen LogP contribution in [0.4, 0.5) is 0 Å². The van der Waals surface area contributed by atoms with Gasteiger partial charge in [0.1, 0.15) is 10.8 Å². The molecule has 0 bridgehead atoms. The van der Waals surface area contributed by atoms with Crippen LogP contribution in [0.5, 0.6) is 5.75 Å². The highest BCUT2D eigenvalue weighted by Gasteiger charge is 2.03. The van der Waals surface area contributed by atoms with Gasteiger partial charge in [-0.05, 0) is 60.9 Å². The molecule has 0 atom stereocenters. The van der Waals surface area contributed by atoms with Gasteiger partial charge in [-0.2, -0.15) is 0 Å². The highest BCUT2D eigenvalue weighted by Crippen LogP contribution is 2.26. The maximum absolute atomic E-state index is 5.16. The lowest BCUT2D eigenvalue weighted by Gasteiger charge is -1.98. The average Bonchev–Trinajstić information content (AvgIpc) is 2.88. The molecule has 0 N–H and O–H groups in total. The number of hydrogen-bond donors (Lipinski definition) is 0. The molecule has 0 amide bonds. The van der Waals surface area contributed by atoms with Gasteiger partial charge in [0.25, 0.3) is 0 Å². The van der Waals surface area contributed by atoms with E-state index in [9.17, 15) is 0 Å². The second-order valence-corrected chi connectivity index (χ2v) is 6.13. The Morgan fingerprint density at radius 2 is 1.71 bits per heavy atom. The van der Waals surface area contributed by atoms with Gasteiger partial charge < -0.3 is 4.74 Å². The predicted molar refractivity (Wildman–Crippen MR) is 91.0 cm³/mol. The Kier molecular flexibility index (Phi) is 3.76. The third-order valence-electron chi connectivity index (χ3n) is 3.55. The van der Waals surface area contributed by atoms with Crippen molar-refractivity contribution in [1.29, 1.82) is 0 Å². The van der Waals surface area contributed by atoms with Crippen LogP contribution in [-0.2, 0) is 0 Å². The molecule has 0 radical (unpaired) electrons. The first-order valence-electron chi connectivity index (χ1n) is 6.85. The summed E-state index contributed by atoms with van der Waals surface area (Å²) in [5.41, 5.74) is 4.83. The SMILES string of the molecule is COc1ccc(C=Cc2nc3cc(C)c(C)cc3s2)cc1. The van der Waals surface area contributed by atoms with Crippen molar-refractivity contribution in [3.8, 4) is 5.75 Å². The standard InChI is InChI=1S/C18H17NOS/c1-12-10-16-17(11-13(12)2)21-18(19-16)9-6-14-4-7-15(20-3)8-5-14/h4-11H,1-3H3. The molecule has 0 aliphatic heterocycles. The monoisotopic (exact) mass is 295 g/mol. The van der Waals surface area contributed by atoms with Crippen LogP contribution < -0.4 is 4.74 Å². The van der Waals surface area contributed by atoms with Gasteiger partial charge in [0.05, 0.1) is 17.3 Å². The lowest BCUT2D eigenvalue weighted by Crippen LogP contribution is -1.81. The van der Waals surface area contributed by atoms with Crippen molar-refractivity contribution in [2.45, 2.75) is 13.8 Å². The summed E-state index contributed by atoms with van der Waals surface area (Å²) in [4.78, 5) is 4.67.